The van der Waals surface area contributed by atoms with Gasteiger partial charge in [-0.2, -0.15) is 0 Å². The van der Waals surface area contributed by atoms with Gasteiger partial charge in [0.2, 0.25) is 11.8 Å². The minimum atomic E-state index is -0.973. The Balaban J connectivity index is 0.00000117. The fourth-order valence-corrected chi connectivity index (χ4v) is 3.64. The van der Waals surface area contributed by atoms with Gasteiger partial charge < -0.3 is 4.90 Å². The van der Waals surface area contributed by atoms with Gasteiger partial charge >= 0.3 is 0 Å². The van der Waals surface area contributed by atoms with E-state index in [4.69, 9.17) is 0 Å². The van der Waals surface area contributed by atoms with Crippen LogP contribution in [-0.4, -0.2) is 24.9 Å². The predicted octanol–water partition coefficient (Wildman–Crippen LogP) is 4.14. The third-order valence-electron chi connectivity index (χ3n) is 5.24. The zero-order valence-electron chi connectivity index (χ0n) is 15.8. The molecule has 6 heteroatoms. The number of imide groups is 1. The first-order valence-electron chi connectivity index (χ1n) is 9.57. The molecule has 0 aromatic heterocycles. The number of carbonyl (C=O) groups excluding carboxylic acids is 2. The molecule has 2 fully saturated rings. The maximum atomic E-state index is 14.6. The van der Waals surface area contributed by atoms with Crippen LogP contribution in [0.15, 0.2) is 12.1 Å². The number of piperidine rings is 2. The summed E-state index contributed by atoms with van der Waals surface area (Å²) in [6, 6.07) is 3.05. The standard InChI is InChI=1S/C18H22F2N2O2.C2H6/c1-2-11-7-9-22(10-8-11)14-5-3-12(16(19)17(14)20)13-4-6-15(23)21-18(13)24;1-2/h3,5,11,13H,2,4,6-10H2,1H3,(H,21,23,24);1-2H3. The van der Waals surface area contributed by atoms with Crippen LogP contribution in [0.1, 0.15) is 64.4 Å². The Morgan fingerprint density at radius 3 is 2.31 bits per heavy atom. The average molecular weight is 366 g/mol. The van der Waals surface area contributed by atoms with Crippen LogP contribution in [0.3, 0.4) is 0 Å². The van der Waals surface area contributed by atoms with E-state index < -0.39 is 23.5 Å². The highest BCUT2D eigenvalue weighted by atomic mass is 19.2. The van der Waals surface area contributed by atoms with E-state index in [1.807, 2.05) is 18.7 Å². The number of carbonyl (C=O) groups is 2. The molecule has 2 aliphatic rings. The molecular formula is C20H28F2N2O2. The van der Waals surface area contributed by atoms with Crippen molar-refractivity contribution in [3.63, 3.8) is 0 Å². The normalized spacial score (nSPS) is 21.1. The second-order valence-electron chi connectivity index (χ2n) is 6.64. The summed E-state index contributed by atoms with van der Waals surface area (Å²) in [6.07, 6.45) is 3.42. The summed E-state index contributed by atoms with van der Waals surface area (Å²) in [7, 11) is 0. The molecule has 3 rings (SSSR count). The molecule has 1 unspecified atom stereocenters. The molecule has 0 aliphatic carbocycles. The molecule has 1 atom stereocenters. The highest BCUT2D eigenvalue weighted by Gasteiger charge is 2.32. The number of halogens is 2. The summed E-state index contributed by atoms with van der Waals surface area (Å²) in [5, 5.41) is 2.19. The van der Waals surface area contributed by atoms with Gasteiger partial charge in [-0.05, 0) is 31.2 Å². The Labute approximate surface area is 153 Å². The van der Waals surface area contributed by atoms with Crippen LogP contribution >= 0.6 is 0 Å². The summed E-state index contributed by atoms with van der Waals surface area (Å²) in [6.45, 7) is 7.58. The third kappa shape index (κ3) is 4.22. The number of amides is 2. The summed E-state index contributed by atoms with van der Waals surface area (Å²) in [5.41, 5.74) is 0.294. The largest absolute Gasteiger partial charge is 0.369 e. The van der Waals surface area contributed by atoms with Crippen molar-refractivity contribution in [2.75, 3.05) is 18.0 Å². The van der Waals surface area contributed by atoms with Crippen LogP contribution in [0.25, 0.3) is 0 Å². The highest BCUT2D eigenvalue weighted by molar-refractivity contribution is 6.01. The summed E-state index contributed by atoms with van der Waals surface area (Å²) in [4.78, 5) is 25.0. The van der Waals surface area contributed by atoms with Gasteiger partial charge in [0.15, 0.2) is 11.6 Å². The molecule has 2 amide bonds. The van der Waals surface area contributed by atoms with Gasteiger partial charge in [0, 0.05) is 25.1 Å². The first-order valence-corrected chi connectivity index (χ1v) is 9.57. The van der Waals surface area contributed by atoms with Crippen LogP contribution in [0.4, 0.5) is 14.5 Å². The number of nitrogens with zero attached hydrogens (tertiary/aromatic N) is 1. The summed E-state index contributed by atoms with van der Waals surface area (Å²) >= 11 is 0. The van der Waals surface area contributed by atoms with Crippen LogP contribution in [0.2, 0.25) is 0 Å². The molecular weight excluding hydrogens is 338 g/mol. The van der Waals surface area contributed by atoms with Crippen LogP contribution < -0.4 is 10.2 Å². The Kier molecular flexibility index (Phi) is 7.12. The van der Waals surface area contributed by atoms with Crippen molar-refractivity contribution in [3.8, 4) is 0 Å². The smallest absolute Gasteiger partial charge is 0.234 e. The minimum absolute atomic E-state index is 0.0321. The molecule has 2 heterocycles. The second kappa shape index (κ2) is 9.10. The van der Waals surface area contributed by atoms with Gasteiger partial charge in [0.05, 0.1) is 11.6 Å². The van der Waals surface area contributed by atoms with Crippen molar-refractivity contribution in [2.24, 2.45) is 5.92 Å². The molecule has 0 saturated carbocycles. The molecule has 0 spiro atoms. The lowest BCUT2D eigenvalue weighted by molar-refractivity contribution is -0.134. The Morgan fingerprint density at radius 1 is 1.08 bits per heavy atom. The molecule has 1 aromatic rings. The van der Waals surface area contributed by atoms with Gasteiger partial charge in [-0.1, -0.05) is 33.3 Å². The van der Waals surface area contributed by atoms with Gasteiger partial charge in [-0.15, -0.1) is 0 Å². The zero-order valence-corrected chi connectivity index (χ0v) is 15.8. The first-order chi connectivity index (χ1) is 12.5. The van der Waals surface area contributed by atoms with Crippen LogP contribution in [-0.2, 0) is 9.59 Å². The quantitative estimate of drug-likeness (QED) is 0.818. The van der Waals surface area contributed by atoms with E-state index in [1.165, 1.54) is 6.07 Å². The van der Waals surface area contributed by atoms with Gasteiger partial charge in [-0.25, -0.2) is 8.78 Å². The van der Waals surface area contributed by atoms with Crippen molar-refractivity contribution in [2.45, 2.75) is 58.8 Å². The number of benzene rings is 1. The molecule has 144 valence electrons. The monoisotopic (exact) mass is 366 g/mol. The van der Waals surface area contributed by atoms with E-state index in [2.05, 4.69) is 12.2 Å². The lowest BCUT2D eigenvalue weighted by atomic mass is 9.89. The van der Waals surface area contributed by atoms with Gasteiger partial charge in [0.1, 0.15) is 0 Å². The molecule has 26 heavy (non-hydrogen) atoms. The fourth-order valence-electron chi connectivity index (χ4n) is 3.64. The second-order valence-corrected chi connectivity index (χ2v) is 6.64. The van der Waals surface area contributed by atoms with E-state index in [-0.39, 0.29) is 30.0 Å². The van der Waals surface area contributed by atoms with Crippen molar-refractivity contribution in [1.82, 2.24) is 5.32 Å². The van der Waals surface area contributed by atoms with E-state index in [1.54, 1.807) is 6.07 Å². The zero-order chi connectivity index (χ0) is 19.3. The lowest BCUT2D eigenvalue weighted by Crippen LogP contribution is -2.40. The van der Waals surface area contributed by atoms with Crippen molar-refractivity contribution in [3.05, 3.63) is 29.3 Å². The number of nitrogens with one attached hydrogen (secondary N) is 1. The van der Waals surface area contributed by atoms with Gasteiger partial charge in [-0.3, -0.25) is 14.9 Å². The number of hydrogen-bond acceptors (Lipinski definition) is 3. The summed E-state index contributed by atoms with van der Waals surface area (Å²) < 4.78 is 29.1. The van der Waals surface area contributed by atoms with Crippen LogP contribution in [0, 0.1) is 17.6 Å². The number of anilines is 1. The molecule has 0 bridgehead atoms. The van der Waals surface area contributed by atoms with Crippen LogP contribution in [0.5, 0.6) is 0 Å². The number of hydrogen-bond donors (Lipinski definition) is 1. The molecule has 2 aliphatic heterocycles. The van der Waals surface area contributed by atoms with Gasteiger partial charge in [0.25, 0.3) is 0 Å². The molecule has 1 aromatic carbocycles. The topological polar surface area (TPSA) is 49.4 Å². The minimum Gasteiger partial charge on any atom is -0.369 e. The SMILES string of the molecule is CC.CCC1CCN(c2ccc(C3CCC(=O)NC3=O)c(F)c2F)CC1. The summed E-state index contributed by atoms with van der Waals surface area (Å²) in [5.74, 6) is -2.95. The maximum Gasteiger partial charge on any atom is 0.234 e. The fraction of sp³-hybridized carbons (Fsp3) is 0.600. The maximum absolute atomic E-state index is 14.6. The molecule has 2 saturated heterocycles. The predicted molar refractivity (Wildman–Crippen MR) is 98.1 cm³/mol. The molecule has 0 radical (unpaired) electrons. The highest BCUT2D eigenvalue weighted by Crippen LogP contribution is 2.33. The Morgan fingerprint density at radius 2 is 1.73 bits per heavy atom. The third-order valence-corrected chi connectivity index (χ3v) is 5.24. The Hall–Kier alpha value is -1.98. The Bertz CT molecular complexity index is 655. The average Bonchev–Trinajstić information content (AvgIpc) is 2.66. The first kappa shape index (κ1) is 20.3. The van der Waals surface area contributed by atoms with Crippen molar-refractivity contribution in [1.29, 1.82) is 0 Å². The van der Waals surface area contributed by atoms with E-state index in [0.717, 1.165) is 19.3 Å². The van der Waals surface area contributed by atoms with Crippen molar-refractivity contribution >= 4 is 17.5 Å². The molecule has 1 N–H and O–H groups in total. The lowest BCUT2D eigenvalue weighted by Gasteiger charge is -2.33. The van der Waals surface area contributed by atoms with Crippen molar-refractivity contribution < 1.29 is 18.4 Å². The van der Waals surface area contributed by atoms with E-state index in [0.29, 0.717) is 19.0 Å². The number of rotatable bonds is 3. The van der Waals surface area contributed by atoms with E-state index in [9.17, 15) is 18.4 Å². The molecule has 4 nitrogen and oxygen atoms in total. The van der Waals surface area contributed by atoms with E-state index >= 15 is 0 Å².